The van der Waals surface area contributed by atoms with E-state index in [1.807, 2.05) is 25.3 Å². The maximum absolute atomic E-state index is 11.2. The standard InChI is InChI=1S/C10H10N2O2/c1-7-3-4-12-6-8(10(13)14-2)11-9(12)5-7/h3-6H,1-2H3. The number of methoxy groups -OCH3 is 1. The van der Waals surface area contributed by atoms with Crippen LogP contribution in [0.1, 0.15) is 16.1 Å². The maximum Gasteiger partial charge on any atom is 0.358 e. The molecule has 0 amide bonds. The molecule has 0 bridgehead atoms. The number of fused-ring (bicyclic) bond motifs is 1. The Morgan fingerprint density at radius 2 is 2.36 bits per heavy atom. The van der Waals surface area contributed by atoms with Crippen LogP contribution in [0.5, 0.6) is 0 Å². The van der Waals surface area contributed by atoms with Crippen molar-refractivity contribution in [1.82, 2.24) is 9.38 Å². The average Bonchev–Trinajstić information content (AvgIpc) is 2.59. The van der Waals surface area contributed by atoms with Crippen molar-refractivity contribution in [2.24, 2.45) is 0 Å². The molecule has 0 radical (unpaired) electrons. The van der Waals surface area contributed by atoms with Gasteiger partial charge >= 0.3 is 5.97 Å². The van der Waals surface area contributed by atoms with Crippen molar-refractivity contribution in [3.8, 4) is 0 Å². The first-order chi connectivity index (χ1) is 6.70. The highest BCUT2D eigenvalue weighted by atomic mass is 16.5. The normalized spacial score (nSPS) is 10.4. The lowest BCUT2D eigenvalue weighted by Gasteiger charge is -1.92. The third-order valence-electron chi connectivity index (χ3n) is 2.01. The van der Waals surface area contributed by atoms with Gasteiger partial charge in [-0.15, -0.1) is 0 Å². The van der Waals surface area contributed by atoms with E-state index >= 15 is 0 Å². The summed E-state index contributed by atoms with van der Waals surface area (Å²) in [6.07, 6.45) is 3.52. The van der Waals surface area contributed by atoms with E-state index in [0.29, 0.717) is 5.69 Å². The number of imidazole rings is 1. The van der Waals surface area contributed by atoms with Crippen LogP contribution in [0.4, 0.5) is 0 Å². The van der Waals surface area contributed by atoms with E-state index in [-0.39, 0.29) is 0 Å². The van der Waals surface area contributed by atoms with Crippen molar-refractivity contribution in [3.63, 3.8) is 0 Å². The number of pyridine rings is 1. The summed E-state index contributed by atoms with van der Waals surface area (Å²) in [5, 5.41) is 0. The summed E-state index contributed by atoms with van der Waals surface area (Å²) in [4.78, 5) is 15.3. The van der Waals surface area contributed by atoms with Crippen LogP contribution >= 0.6 is 0 Å². The predicted molar refractivity (Wildman–Crippen MR) is 51.3 cm³/mol. The molecular formula is C10H10N2O2. The SMILES string of the molecule is COC(=O)c1cn2ccc(C)cc2n1. The molecule has 0 saturated carbocycles. The first kappa shape index (κ1) is 8.74. The highest BCUT2D eigenvalue weighted by molar-refractivity contribution is 5.87. The molecule has 0 saturated heterocycles. The fourth-order valence-corrected chi connectivity index (χ4v) is 1.29. The Balaban J connectivity index is 2.56. The Hall–Kier alpha value is -1.84. The molecule has 0 spiro atoms. The second kappa shape index (κ2) is 3.14. The summed E-state index contributed by atoms with van der Waals surface area (Å²) in [6.45, 7) is 1.98. The van der Waals surface area contributed by atoms with Crippen molar-refractivity contribution in [2.45, 2.75) is 6.92 Å². The van der Waals surface area contributed by atoms with Crippen LogP contribution < -0.4 is 0 Å². The first-order valence-corrected chi connectivity index (χ1v) is 4.24. The zero-order valence-electron chi connectivity index (χ0n) is 8.02. The molecule has 0 aliphatic carbocycles. The molecule has 0 unspecified atom stereocenters. The number of carbonyl (C=O) groups excluding carboxylic acids is 1. The Morgan fingerprint density at radius 3 is 3.07 bits per heavy atom. The van der Waals surface area contributed by atoms with Gasteiger partial charge in [-0.1, -0.05) is 0 Å². The van der Waals surface area contributed by atoms with E-state index in [4.69, 9.17) is 0 Å². The van der Waals surface area contributed by atoms with E-state index in [1.165, 1.54) is 7.11 Å². The van der Waals surface area contributed by atoms with E-state index in [0.717, 1.165) is 11.2 Å². The highest BCUT2D eigenvalue weighted by Gasteiger charge is 2.09. The summed E-state index contributed by atoms with van der Waals surface area (Å²) in [5.41, 5.74) is 2.20. The molecule has 4 nitrogen and oxygen atoms in total. The zero-order valence-corrected chi connectivity index (χ0v) is 8.02. The topological polar surface area (TPSA) is 43.6 Å². The number of hydrogen-bond acceptors (Lipinski definition) is 3. The van der Waals surface area contributed by atoms with E-state index < -0.39 is 5.97 Å². The van der Waals surface area contributed by atoms with Crippen LogP contribution in [0.3, 0.4) is 0 Å². The molecule has 0 aliphatic rings. The molecule has 0 aromatic carbocycles. The third-order valence-corrected chi connectivity index (χ3v) is 2.01. The van der Waals surface area contributed by atoms with Crippen LogP contribution in [-0.4, -0.2) is 22.5 Å². The van der Waals surface area contributed by atoms with Gasteiger partial charge in [-0.2, -0.15) is 0 Å². The van der Waals surface area contributed by atoms with E-state index in [2.05, 4.69) is 9.72 Å². The van der Waals surface area contributed by atoms with Crippen molar-refractivity contribution in [2.75, 3.05) is 7.11 Å². The lowest BCUT2D eigenvalue weighted by molar-refractivity contribution is 0.0595. The number of aromatic nitrogens is 2. The van der Waals surface area contributed by atoms with Crippen LogP contribution in [0, 0.1) is 6.92 Å². The van der Waals surface area contributed by atoms with Crippen LogP contribution in [0.15, 0.2) is 24.5 Å². The van der Waals surface area contributed by atoms with Gasteiger partial charge in [0.1, 0.15) is 5.65 Å². The lowest BCUT2D eigenvalue weighted by atomic mass is 10.3. The second-order valence-electron chi connectivity index (χ2n) is 3.09. The number of ether oxygens (including phenoxy) is 1. The van der Waals surface area contributed by atoms with Gasteiger partial charge in [-0.3, -0.25) is 0 Å². The van der Waals surface area contributed by atoms with Crippen LogP contribution in [0.2, 0.25) is 0 Å². The minimum atomic E-state index is -0.411. The summed E-state index contributed by atoms with van der Waals surface area (Å²) in [7, 11) is 1.34. The summed E-state index contributed by atoms with van der Waals surface area (Å²) >= 11 is 0. The van der Waals surface area contributed by atoms with E-state index in [1.54, 1.807) is 10.6 Å². The van der Waals surface area contributed by atoms with E-state index in [9.17, 15) is 4.79 Å². The molecule has 4 heteroatoms. The summed E-state index contributed by atoms with van der Waals surface area (Å²) in [5.74, 6) is -0.411. The Kier molecular flexibility index (Phi) is 1.96. The summed E-state index contributed by atoms with van der Waals surface area (Å²) < 4.78 is 6.37. The fraction of sp³-hybridized carbons (Fsp3) is 0.200. The van der Waals surface area contributed by atoms with Crippen molar-refractivity contribution < 1.29 is 9.53 Å². The number of rotatable bonds is 1. The number of esters is 1. The predicted octanol–water partition coefficient (Wildman–Crippen LogP) is 1.43. The Bertz CT molecular complexity index is 488. The molecule has 72 valence electrons. The van der Waals surface area contributed by atoms with Gasteiger partial charge in [0.05, 0.1) is 7.11 Å². The molecule has 2 rings (SSSR count). The summed E-state index contributed by atoms with van der Waals surface area (Å²) in [6, 6.07) is 3.86. The smallest absolute Gasteiger partial charge is 0.358 e. The minimum absolute atomic E-state index is 0.332. The van der Waals surface area contributed by atoms with Gasteiger partial charge in [0, 0.05) is 12.4 Å². The molecule has 2 aromatic heterocycles. The minimum Gasteiger partial charge on any atom is -0.464 e. The van der Waals surface area contributed by atoms with Gasteiger partial charge in [0.2, 0.25) is 0 Å². The van der Waals surface area contributed by atoms with Gasteiger partial charge in [0.25, 0.3) is 0 Å². The quantitative estimate of drug-likeness (QED) is 0.639. The first-order valence-electron chi connectivity index (χ1n) is 4.24. The molecule has 2 heterocycles. The van der Waals surface area contributed by atoms with Crippen molar-refractivity contribution >= 4 is 11.6 Å². The lowest BCUT2D eigenvalue weighted by Crippen LogP contribution is -2.00. The second-order valence-corrected chi connectivity index (χ2v) is 3.09. The Labute approximate surface area is 81.1 Å². The molecule has 0 atom stereocenters. The molecular weight excluding hydrogens is 180 g/mol. The van der Waals surface area contributed by atoms with Crippen molar-refractivity contribution in [1.29, 1.82) is 0 Å². The van der Waals surface area contributed by atoms with Gasteiger partial charge in [-0.25, -0.2) is 9.78 Å². The van der Waals surface area contributed by atoms with Crippen LogP contribution in [0.25, 0.3) is 5.65 Å². The van der Waals surface area contributed by atoms with Gasteiger partial charge < -0.3 is 9.14 Å². The molecule has 0 aliphatic heterocycles. The number of nitrogens with zero attached hydrogens (tertiary/aromatic N) is 2. The largest absolute Gasteiger partial charge is 0.464 e. The number of hydrogen-bond donors (Lipinski definition) is 0. The maximum atomic E-state index is 11.2. The van der Waals surface area contributed by atoms with Gasteiger partial charge in [0.15, 0.2) is 5.69 Å². The average molecular weight is 190 g/mol. The molecule has 14 heavy (non-hydrogen) atoms. The fourth-order valence-electron chi connectivity index (χ4n) is 1.29. The molecule has 2 aromatic rings. The zero-order chi connectivity index (χ0) is 10.1. The number of carbonyl (C=O) groups is 1. The monoisotopic (exact) mass is 190 g/mol. The highest BCUT2D eigenvalue weighted by Crippen LogP contribution is 2.08. The van der Waals surface area contributed by atoms with Crippen molar-refractivity contribution in [3.05, 3.63) is 35.8 Å². The molecule has 0 fully saturated rings. The molecule has 0 N–H and O–H groups in total. The number of aryl methyl sites for hydroxylation is 1. The third kappa shape index (κ3) is 1.35. The van der Waals surface area contributed by atoms with Gasteiger partial charge in [-0.05, 0) is 24.6 Å². The Morgan fingerprint density at radius 1 is 1.57 bits per heavy atom. The van der Waals surface area contributed by atoms with Crippen LogP contribution in [-0.2, 0) is 4.74 Å².